The molecule has 0 radical (unpaired) electrons. The van der Waals surface area contributed by atoms with Gasteiger partial charge in [0.2, 0.25) is 5.91 Å². The molecular weight excluding hydrogens is 346 g/mol. The van der Waals surface area contributed by atoms with Crippen LogP contribution < -0.4 is 4.90 Å². The molecule has 3 rings (SSSR count). The van der Waals surface area contributed by atoms with Crippen molar-refractivity contribution in [2.24, 2.45) is 0 Å². The van der Waals surface area contributed by atoms with Gasteiger partial charge in [-0.2, -0.15) is 0 Å². The highest BCUT2D eigenvalue weighted by molar-refractivity contribution is 6.32. The highest BCUT2D eigenvalue weighted by atomic mass is 35.5. The van der Waals surface area contributed by atoms with E-state index in [1.165, 1.54) is 36.4 Å². The van der Waals surface area contributed by atoms with Crippen LogP contribution in [0.25, 0.3) is 6.08 Å². The average molecular weight is 363 g/mol. The topological polar surface area (TPSA) is 23.6 Å². The summed E-state index contributed by atoms with van der Waals surface area (Å²) in [6, 6.07) is 10.7. The number of hydrogen-bond donors (Lipinski definition) is 0. The Labute approximate surface area is 150 Å². The van der Waals surface area contributed by atoms with Crippen molar-refractivity contribution in [1.29, 1.82) is 0 Å². The van der Waals surface area contributed by atoms with Gasteiger partial charge in [0, 0.05) is 43.5 Å². The fourth-order valence-corrected chi connectivity index (χ4v) is 2.99. The molecule has 2 aromatic carbocycles. The van der Waals surface area contributed by atoms with Crippen LogP contribution in [0.2, 0.25) is 5.02 Å². The summed E-state index contributed by atoms with van der Waals surface area (Å²) in [4.78, 5) is 16.1. The van der Waals surface area contributed by atoms with Gasteiger partial charge in [-0.3, -0.25) is 4.79 Å². The van der Waals surface area contributed by atoms with Gasteiger partial charge in [0.15, 0.2) is 0 Å². The number of nitrogens with zero attached hydrogens (tertiary/aromatic N) is 2. The Balaban J connectivity index is 1.60. The summed E-state index contributed by atoms with van der Waals surface area (Å²) < 4.78 is 26.7. The molecule has 2 aromatic rings. The van der Waals surface area contributed by atoms with Crippen LogP contribution in [0.1, 0.15) is 5.56 Å². The largest absolute Gasteiger partial charge is 0.368 e. The lowest BCUT2D eigenvalue weighted by Crippen LogP contribution is -2.48. The third-order valence-electron chi connectivity index (χ3n) is 4.18. The van der Waals surface area contributed by atoms with Crippen molar-refractivity contribution >= 4 is 29.3 Å². The zero-order chi connectivity index (χ0) is 17.8. The highest BCUT2D eigenvalue weighted by Crippen LogP contribution is 2.21. The standard InChI is InChI=1S/C19H17ClF2N2O/c20-17-2-1-3-18(22)16(17)8-9-19(25)24-12-10-23(11-13-24)15-6-4-14(21)5-7-15/h1-9H,10-13H2/b9-8+. The molecule has 0 atom stereocenters. The normalized spacial score (nSPS) is 15.0. The molecule has 0 aromatic heterocycles. The molecule has 1 heterocycles. The average Bonchev–Trinajstić information content (AvgIpc) is 2.62. The fourth-order valence-electron chi connectivity index (χ4n) is 2.77. The third-order valence-corrected chi connectivity index (χ3v) is 4.50. The summed E-state index contributed by atoms with van der Waals surface area (Å²) in [5.41, 5.74) is 1.14. The minimum Gasteiger partial charge on any atom is -0.368 e. The maximum absolute atomic E-state index is 13.7. The maximum Gasteiger partial charge on any atom is 0.246 e. The lowest BCUT2D eigenvalue weighted by Gasteiger charge is -2.35. The molecule has 25 heavy (non-hydrogen) atoms. The number of benzene rings is 2. The van der Waals surface area contributed by atoms with E-state index in [-0.39, 0.29) is 22.3 Å². The van der Waals surface area contributed by atoms with Gasteiger partial charge in [-0.1, -0.05) is 17.7 Å². The van der Waals surface area contributed by atoms with E-state index in [1.807, 2.05) is 0 Å². The number of carbonyl (C=O) groups excluding carboxylic acids is 1. The van der Waals surface area contributed by atoms with Gasteiger partial charge in [0.25, 0.3) is 0 Å². The number of halogens is 3. The molecule has 130 valence electrons. The molecule has 1 amide bonds. The monoisotopic (exact) mass is 362 g/mol. The Bertz CT molecular complexity index is 764. The number of rotatable bonds is 3. The molecule has 0 aliphatic carbocycles. The van der Waals surface area contributed by atoms with Gasteiger partial charge in [0.1, 0.15) is 11.6 Å². The molecule has 6 heteroatoms. The van der Waals surface area contributed by atoms with Gasteiger partial charge < -0.3 is 9.80 Å². The summed E-state index contributed by atoms with van der Waals surface area (Å²) in [5, 5.41) is 0.269. The molecule has 1 aliphatic heterocycles. The Morgan fingerprint density at radius 3 is 2.32 bits per heavy atom. The Hall–Kier alpha value is -2.40. The first-order valence-corrected chi connectivity index (χ1v) is 8.34. The van der Waals surface area contributed by atoms with E-state index in [2.05, 4.69) is 4.90 Å². The van der Waals surface area contributed by atoms with Crippen molar-refractivity contribution < 1.29 is 13.6 Å². The Kier molecular flexibility index (Phi) is 5.34. The highest BCUT2D eigenvalue weighted by Gasteiger charge is 2.20. The molecule has 1 fully saturated rings. The predicted octanol–water partition coefficient (Wildman–Crippen LogP) is 3.98. The van der Waals surface area contributed by atoms with E-state index >= 15 is 0 Å². The van der Waals surface area contributed by atoms with Crippen LogP contribution in [0.3, 0.4) is 0 Å². The first kappa shape index (κ1) is 17.4. The quantitative estimate of drug-likeness (QED) is 0.771. The number of piperazine rings is 1. The molecule has 1 aliphatic rings. The van der Waals surface area contributed by atoms with E-state index in [0.717, 1.165) is 5.69 Å². The molecule has 0 saturated carbocycles. The van der Waals surface area contributed by atoms with Crippen LogP contribution in [0.5, 0.6) is 0 Å². The van der Waals surface area contributed by atoms with E-state index in [4.69, 9.17) is 11.6 Å². The van der Waals surface area contributed by atoms with Crippen molar-refractivity contribution in [1.82, 2.24) is 4.90 Å². The number of anilines is 1. The lowest BCUT2D eigenvalue weighted by atomic mass is 10.2. The van der Waals surface area contributed by atoms with Crippen molar-refractivity contribution in [3.63, 3.8) is 0 Å². The SMILES string of the molecule is O=C(/C=C/c1c(F)cccc1Cl)N1CCN(c2ccc(F)cc2)CC1. The van der Waals surface area contributed by atoms with Gasteiger partial charge in [-0.05, 0) is 42.5 Å². The smallest absolute Gasteiger partial charge is 0.246 e. The van der Waals surface area contributed by atoms with E-state index < -0.39 is 5.82 Å². The van der Waals surface area contributed by atoms with Crippen LogP contribution in [0, 0.1) is 11.6 Å². The van der Waals surface area contributed by atoms with Crippen LogP contribution in [-0.2, 0) is 4.79 Å². The zero-order valence-corrected chi connectivity index (χ0v) is 14.2. The van der Waals surface area contributed by atoms with Gasteiger partial charge in [-0.15, -0.1) is 0 Å². The maximum atomic E-state index is 13.7. The second kappa shape index (κ2) is 7.66. The number of hydrogen-bond acceptors (Lipinski definition) is 2. The summed E-state index contributed by atoms with van der Waals surface area (Å²) in [7, 11) is 0. The first-order valence-electron chi connectivity index (χ1n) is 7.96. The predicted molar refractivity (Wildman–Crippen MR) is 95.6 cm³/mol. The van der Waals surface area contributed by atoms with Crippen molar-refractivity contribution in [3.05, 3.63) is 70.8 Å². The summed E-state index contributed by atoms with van der Waals surface area (Å²) in [5.74, 6) is -0.912. The van der Waals surface area contributed by atoms with Gasteiger partial charge in [-0.25, -0.2) is 8.78 Å². The Morgan fingerprint density at radius 1 is 1.00 bits per heavy atom. The zero-order valence-electron chi connectivity index (χ0n) is 13.5. The molecular formula is C19H17ClF2N2O. The van der Waals surface area contributed by atoms with E-state index in [0.29, 0.717) is 26.2 Å². The number of amides is 1. The second-order valence-electron chi connectivity index (χ2n) is 5.76. The van der Waals surface area contributed by atoms with Crippen LogP contribution in [-0.4, -0.2) is 37.0 Å². The van der Waals surface area contributed by atoms with Crippen LogP contribution in [0.15, 0.2) is 48.5 Å². The van der Waals surface area contributed by atoms with Crippen molar-refractivity contribution in [2.45, 2.75) is 0 Å². The molecule has 3 nitrogen and oxygen atoms in total. The van der Waals surface area contributed by atoms with Crippen LogP contribution >= 0.6 is 11.6 Å². The first-order chi connectivity index (χ1) is 12.0. The summed E-state index contributed by atoms with van der Waals surface area (Å²) in [6.45, 7) is 2.41. The van der Waals surface area contributed by atoms with Crippen molar-refractivity contribution in [3.8, 4) is 0 Å². The van der Waals surface area contributed by atoms with Gasteiger partial charge in [0.05, 0.1) is 5.02 Å². The fraction of sp³-hybridized carbons (Fsp3) is 0.211. The molecule has 0 bridgehead atoms. The third kappa shape index (κ3) is 4.17. The molecule has 0 unspecified atom stereocenters. The molecule has 0 spiro atoms. The van der Waals surface area contributed by atoms with Crippen molar-refractivity contribution in [2.75, 3.05) is 31.1 Å². The van der Waals surface area contributed by atoms with E-state index in [9.17, 15) is 13.6 Å². The van der Waals surface area contributed by atoms with E-state index in [1.54, 1.807) is 23.1 Å². The molecule has 0 N–H and O–H groups in total. The second-order valence-corrected chi connectivity index (χ2v) is 6.16. The minimum atomic E-state index is -0.460. The summed E-state index contributed by atoms with van der Waals surface area (Å²) in [6.07, 6.45) is 2.75. The minimum absolute atomic E-state index is 0.182. The Morgan fingerprint density at radius 2 is 1.68 bits per heavy atom. The van der Waals surface area contributed by atoms with Gasteiger partial charge >= 0.3 is 0 Å². The van der Waals surface area contributed by atoms with Crippen LogP contribution in [0.4, 0.5) is 14.5 Å². The summed E-state index contributed by atoms with van der Waals surface area (Å²) >= 11 is 5.95. The molecule has 1 saturated heterocycles. The number of carbonyl (C=O) groups is 1. The lowest BCUT2D eigenvalue weighted by molar-refractivity contribution is -0.126.